The maximum atomic E-state index is 12.1. The molecule has 0 saturated heterocycles. The third kappa shape index (κ3) is 6.77. The predicted molar refractivity (Wildman–Crippen MR) is 98.8 cm³/mol. The van der Waals surface area contributed by atoms with Gasteiger partial charge in [0.05, 0.1) is 19.1 Å². The number of carbonyl (C=O) groups is 2. The van der Waals surface area contributed by atoms with Crippen molar-refractivity contribution < 1.29 is 9.59 Å². The lowest BCUT2D eigenvalue weighted by molar-refractivity contribution is -0.125. The van der Waals surface area contributed by atoms with Gasteiger partial charge in [-0.05, 0) is 30.4 Å². The first-order chi connectivity index (χ1) is 12.2. The summed E-state index contributed by atoms with van der Waals surface area (Å²) in [7, 11) is 0. The van der Waals surface area contributed by atoms with Crippen molar-refractivity contribution in [1.29, 1.82) is 0 Å². The first kappa shape index (κ1) is 18.7. The summed E-state index contributed by atoms with van der Waals surface area (Å²) in [6.45, 7) is -0.176. The molecule has 0 bridgehead atoms. The molecule has 0 spiro atoms. The highest BCUT2D eigenvalue weighted by atomic mass is 16.2. The molecule has 5 heteroatoms. The van der Waals surface area contributed by atoms with Gasteiger partial charge in [-0.15, -0.1) is 0 Å². The molecule has 2 amide bonds. The molecule has 0 aliphatic heterocycles. The van der Waals surface area contributed by atoms with Gasteiger partial charge in [-0.2, -0.15) is 0 Å². The molecule has 2 rings (SSSR count). The van der Waals surface area contributed by atoms with E-state index >= 15 is 0 Å². The lowest BCUT2D eigenvalue weighted by Crippen LogP contribution is -2.40. The van der Waals surface area contributed by atoms with Crippen molar-refractivity contribution >= 4 is 11.8 Å². The average molecular weight is 339 g/mol. The molecule has 0 aromatic heterocycles. The van der Waals surface area contributed by atoms with Crippen LogP contribution in [-0.2, 0) is 16.0 Å². The predicted octanol–water partition coefficient (Wildman–Crippen LogP) is 1.94. The summed E-state index contributed by atoms with van der Waals surface area (Å²) in [6.07, 6.45) is 2.75. The van der Waals surface area contributed by atoms with Crippen molar-refractivity contribution in [2.24, 2.45) is 5.73 Å². The fourth-order valence-corrected chi connectivity index (χ4v) is 2.66. The summed E-state index contributed by atoms with van der Waals surface area (Å²) >= 11 is 0. The Morgan fingerprint density at radius 2 is 1.56 bits per heavy atom. The van der Waals surface area contributed by atoms with Gasteiger partial charge in [-0.25, -0.2) is 0 Å². The summed E-state index contributed by atoms with van der Waals surface area (Å²) < 4.78 is 0. The van der Waals surface area contributed by atoms with Crippen LogP contribution in [-0.4, -0.2) is 24.9 Å². The van der Waals surface area contributed by atoms with Gasteiger partial charge in [-0.1, -0.05) is 60.7 Å². The van der Waals surface area contributed by atoms with Gasteiger partial charge in [0.15, 0.2) is 0 Å². The largest absolute Gasteiger partial charge is 0.348 e. The van der Waals surface area contributed by atoms with Crippen molar-refractivity contribution in [3.63, 3.8) is 0 Å². The minimum Gasteiger partial charge on any atom is -0.348 e. The Morgan fingerprint density at radius 3 is 2.20 bits per heavy atom. The normalized spacial score (nSPS) is 11.6. The minimum absolute atomic E-state index is 0.0575. The Kier molecular flexibility index (Phi) is 7.66. The molecule has 0 saturated carbocycles. The number of nitrogens with one attached hydrogen (secondary N) is 2. The maximum absolute atomic E-state index is 12.1. The minimum atomic E-state index is -0.338. The fraction of sp³-hybridized carbons (Fsp3) is 0.300. The van der Waals surface area contributed by atoms with Crippen molar-refractivity contribution in [3.05, 3.63) is 71.8 Å². The van der Waals surface area contributed by atoms with E-state index in [0.29, 0.717) is 0 Å². The van der Waals surface area contributed by atoms with Gasteiger partial charge < -0.3 is 16.4 Å². The number of rotatable bonds is 9. The van der Waals surface area contributed by atoms with Gasteiger partial charge in [0.1, 0.15) is 0 Å². The number of amides is 2. The molecule has 132 valence electrons. The molecule has 5 nitrogen and oxygen atoms in total. The van der Waals surface area contributed by atoms with E-state index in [-0.39, 0.29) is 30.9 Å². The molecule has 0 radical (unpaired) electrons. The molecule has 0 aliphatic rings. The van der Waals surface area contributed by atoms with E-state index in [9.17, 15) is 9.59 Å². The number of nitrogens with two attached hydrogens (primary N) is 1. The van der Waals surface area contributed by atoms with Crippen LogP contribution in [0.5, 0.6) is 0 Å². The zero-order chi connectivity index (χ0) is 17.9. The monoisotopic (exact) mass is 339 g/mol. The van der Waals surface area contributed by atoms with Gasteiger partial charge in [-0.3, -0.25) is 9.59 Å². The van der Waals surface area contributed by atoms with Gasteiger partial charge in [0.2, 0.25) is 11.8 Å². The summed E-state index contributed by atoms with van der Waals surface area (Å²) in [4.78, 5) is 23.3. The molecule has 1 unspecified atom stereocenters. The number of aryl methyl sites for hydroxylation is 1. The van der Waals surface area contributed by atoms with Gasteiger partial charge in [0.25, 0.3) is 0 Å². The number of benzene rings is 2. The third-order valence-corrected chi connectivity index (χ3v) is 3.97. The molecule has 1 atom stereocenters. The van der Waals surface area contributed by atoms with Crippen molar-refractivity contribution in [1.82, 2.24) is 10.6 Å². The smallest absolute Gasteiger partial charge is 0.239 e. The van der Waals surface area contributed by atoms with E-state index in [0.717, 1.165) is 24.8 Å². The van der Waals surface area contributed by atoms with Crippen LogP contribution < -0.4 is 16.4 Å². The highest BCUT2D eigenvalue weighted by molar-refractivity contribution is 5.85. The third-order valence-electron chi connectivity index (χ3n) is 3.97. The van der Waals surface area contributed by atoms with Crippen LogP contribution in [0.2, 0.25) is 0 Å². The second-order valence-electron chi connectivity index (χ2n) is 5.89. The molecular formula is C20H25N3O2. The molecule has 0 heterocycles. The second kappa shape index (κ2) is 10.3. The highest BCUT2D eigenvalue weighted by Gasteiger charge is 2.14. The highest BCUT2D eigenvalue weighted by Crippen LogP contribution is 2.19. The zero-order valence-electron chi connectivity index (χ0n) is 14.3. The Bertz CT molecular complexity index is 659. The Morgan fingerprint density at radius 1 is 0.920 bits per heavy atom. The van der Waals surface area contributed by atoms with E-state index in [1.165, 1.54) is 5.56 Å². The second-order valence-corrected chi connectivity index (χ2v) is 5.89. The molecule has 4 N–H and O–H groups in total. The molecule has 0 fully saturated rings. The SMILES string of the molecule is NCC(=O)NCC(=O)NC(CCCc1ccccc1)c1ccccc1. The van der Waals surface area contributed by atoms with E-state index in [1.807, 2.05) is 48.5 Å². The quantitative estimate of drug-likeness (QED) is 0.653. The van der Waals surface area contributed by atoms with E-state index in [2.05, 4.69) is 22.8 Å². The lowest BCUT2D eigenvalue weighted by atomic mass is 9.99. The standard InChI is InChI=1S/C20H25N3O2/c21-14-19(24)22-15-20(25)23-18(17-11-5-2-6-12-17)13-7-10-16-8-3-1-4-9-16/h1-6,8-9,11-12,18H,7,10,13-15,21H2,(H,22,24)(H,23,25). The van der Waals surface area contributed by atoms with Crippen LogP contribution in [0.4, 0.5) is 0 Å². The average Bonchev–Trinajstić information content (AvgIpc) is 2.66. The Balaban J connectivity index is 1.91. The number of hydrogen-bond donors (Lipinski definition) is 3. The van der Waals surface area contributed by atoms with Crippen molar-refractivity contribution in [2.45, 2.75) is 25.3 Å². The zero-order valence-corrected chi connectivity index (χ0v) is 14.3. The number of hydrogen-bond acceptors (Lipinski definition) is 3. The molecule has 2 aromatic rings. The van der Waals surface area contributed by atoms with Crippen LogP contribution in [0.1, 0.15) is 30.0 Å². The Labute approximate surface area is 148 Å². The summed E-state index contributed by atoms with van der Waals surface area (Å²) in [5.74, 6) is -0.550. The summed E-state index contributed by atoms with van der Waals surface area (Å²) in [5, 5.41) is 5.50. The number of carbonyl (C=O) groups excluding carboxylic acids is 2. The molecule has 25 heavy (non-hydrogen) atoms. The van der Waals surface area contributed by atoms with Gasteiger partial charge in [0, 0.05) is 0 Å². The summed E-state index contributed by atoms with van der Waals surface area (Å²) in [6, 6.07) is 20.1. The van der Waals surface area contributed by atoms with E-state index in [4.69, 9.17) is 5.73 Å². The first-order valence-corrected chi connectivity index (χ1v) is 8.54. The first-order valence-electron chi connectivity index (χ1n) is 8.54. The van der Waals surface area contributed by atoms with Crippen LogP contribution in [0.15, 0.2) is 60.7 Å². The van der Waals surface area contributed by atoms with Gasteiger partial charge >= 0.3 is 0 Å². The lowest BCUT2D eigenvalue weighted by Gasteiger charge is -2.19. The molecule has 2 aromatic carbocycles. The Hall–Kier alpha value is -2.66. The van der Waals surface area contributed by atoms with Crippen LogP contribution in [0.25, 0.3) is 0 Å². The summed E-state index contributed by atoms with van der Waals surface area (Å²) in [5.41, 5.74) is 7.58. The van der Waals surface area contributed by atoms with Crippen molar-refractivity contribution in [2.75, 3.05) is 13.1 Å². The molecule has 0 aliphatic carbocycles. The molecular weight excluding hydrogens is 314 g/mol. The van der Waals surface area contributed by atoms with E-state index < -0.39 is 0 Å². The topological polar surface area (TPSA) is 84.2 Å². The van der Waals surface area contributed by atoms with Crippen LogP contribution >= 0.6 is 0 Å². The fourth-order valence-electron chi connectivity index (χ4n) is 2.66. The van der Waals surface area contributed by atoms with E-state index in [1.54, 1.807) is 0 Å². The van der Waals surface area contributed by atoms with Crippen molar-refractivity contribution in [3.8, 4) is 0 Å². The maximum Gasteiger partial charge on any atom is 0.239 e. The van der Waals surface area contributed by atoms with Crippen LogP contribution in [0.3, 0.4) is 0 Å². The van der Waals surface area contributed by atoms with Crippen LogP contribution in [0, 0.1) is 0 Å².